The molecule has 4 saturated carbocycles. The minimum absolute atomic E-state index is 0.00648. The number of Topliss-reactive ketones (excluding diaryl/α,β-unsaturated/α-hetero) is 1. The molecule has 0 saturated heterocycles. The number of aliphatic hydroxyl groups excluding tert-OH is 1. The fourth-order valence-corrected chi connectivity index (χ4v) is 11.0. The lowest BCUT2D eigenvalue weighted by Crippen LogP contribution is -2.58. The van der Waals surface area contributed by atoms with Crippen LogP contribution < -0.4 is 5.32 Å². The highest BCUT2D eigenvalue weighted by Gasteiger charge is 2.63. The molecule has 6 heteroatoms. The van der Waals surface area contributed by atoms with Crippen molar-refractivity contribution in [3.63, 3.8) is 0 Å². The number of carbonyl (C=O) groups excluding carboxylic acids is 2. The normalized spacial score (nSPS) is 41.0. The van der Waals surface area contributed by atoms with Crippen LogP contribution in [0.1, 0.15) is 103 Å². The summed E-state index contributed by atoms with van der Waals surface area (Å²) in [6, 6.07) is 3.94. The van der Waals surface area contributed by atoms with E-state index in [1.807, 2.05) is 12.1 Å². The van der Waals surface area contributed by atoms with Crippen molar-refractivity contribution in [3.05, 3.63) is 21.3 Å². The number of aliphatic hydroxyl groups is 1. The first kappa shape index (κ1) is 27.6. The van der Waals surface area contributed by atoms with Crippen LogP contribution in [0, 0.1) is 52.3 Å². The fourth-order valence-electron chi connectivity index (χ4n) is 9.72. The van der Waals surface area contributed by atoms with Crippen molar-refractivity contribution in [2.24, 2.45) is 52.3 Å². The molecule has 0 spiro atoms. The third kappa shape index (κ3) is 4.84. The van der Waals surface area contributed by atoms with E-state index in [-0.39, 0.29) is 28.9 Å². The molecule has 1 aromatic heterocycles. The third-order valence-electron chi connectivity index (χ3n) is 11.7. The molecule has 37 heavy (non-hydrogen) atoms. The van der Waals surface area contributed by atoms with Crippen LogP contribution in [-0.2, 0) is 9.59 Å². The maximum absolute atomic E-state index is 13.3. The highest BCUT2D eigenvalue weighted by molar-refractivity contribution is 7.16. The minimum atomic E-state index is -0.291. The standard InChI is InChI=1S/C31H46ClNO3S/c1-17(2)29(25-8-9-26(32)37-25)33-27(36)14-18(3)21-6-7-22-28-23(11-13-31(21,22)5)30(4)12-10-20(34)15-19(30)16-24(28)35/h8-9,17-19,21-24,28-29,35H,6-7,10-16H2,1-5H3,(H,33,36)/t18-,19+,21?,22+,23+,24+,28+,29?,30+,31-/m1/s1. The van der Waals surface area contributed by atoms with Crippen LogP contribution >= 0.6 is 22.9 Å². The van der Waals surface area contributed by atoms with Crippen molar-refractivity contribution in [1.29, 1.82) is 0 Å². The Kier molecular flexibility index (Phi) is 7.66. The van der Waals surface area contributed by atoms with Gasteiger partial charge < -0.3 is 10.4 Å². The second kappa shape index (κ2) is 10.2. The molecule has 2 N–H and O–H groups in total. The Morgan fingerprint density at radius 3 is 2.54 bits per heavy atom. The second-order valence-corrected chi connectivity index (χ2v) is 15.6. The molecule has 5 rings (SSSR count). The van der Waals surface area contributed by atoms with Gasteiger partial charge in [-0.3, -0.25) is 9.59 Å². The number of hydrogen-bond donors (Lipinski definition) is 2. The maximum atomic E-state index is 13.3. The van der Waals surface area contributed by atoms with Crippen LogP contribution in [0.3, 0.4) is 0 Å². The Morgan fingerprint density at radius 2 is 1.86 bits per heavy atom. The molecule has 4 fully saturated rings. The van der Waals surface area contributed by atoms with Gasteiger partial charge in [0.05, 0.1) is 16.5 Å². The van der Waals surface area contributed by atoms with Gasteiger partial charge in [-0.05, 0) is 103 Å². The van der Waals surface area contributed by atoms with E-state index in [2.05, 4.69) is 39.9 Å². The van der Waals surface area contributed by atoms with E-state index in [1.54, 1.807) is 11.3 Å². The van der Waals surface area contributed by atoms with Crippen molar-refractivity contribution in [3.8, 4) is 0 Å². The van der Waals surface area contributed by atoms with Gasteiger partial charge in [0, 0.05) is 24.1 Å². The Bertz CT molecular complexity index is 1020. The molecule has 10 atom stereocenters. The number of ketones is 1. The summed E-state index contributed by atoms with van der Waals surface area (Å²) >= 11 is 7.73. The highest BCUT2D eigenvalue weighted by atomic mass is 35.5. The molecular weight excluding hydrogens is 502 g/mol. The highest BCUT2D eigenvalue weighted by Crippen LogP contribution is 2.68. The molecule has 0 aliphatic heterocycles. The number of amides is 1. The number of carbonyl (C=O) groups is 2. The average Bonchev–Trinajstić information content (AvgIpc) is 3.41. The van der Waals surface area contributed by atoms with Crippen LogP contribution in [0.15, 0.2) is 12.1 Å². The molecule has 1 aromatic rings. The van der Waals surface area contributed by atoms with Crippen LogP contribution in [0.25, 0.3) is 0 Å². The predicted molar refractivity (Wildman–Crippen MR) is 150 cm³/mol. The van der Waals surface area contributed by atoms with Crippen molar-refractivity contribution in [2.75, 3.05) is 0 Å². The van der Waals surface area contributed by atoms with E-state index < -0.39 is 0 Å². The summed E-state index contributed by atoms with van der Waals surface area (Å²) in [5.74, 6) is 3.37. The molecule has 0 bridgehead atoms. The zero-order valence-corrected chi connectivity index (χ0v) is 24.8. The smallest absolute Gasteiger partial charge is 0.220 e. The van der Waals surface area contributed by atoms with Crippen molar-refractivity contribution in [1.82, 2.24) is 5.32 Å². The maximum Gasteiger partial charge on any atom is 0.220 e. The van der Waals surface area contributed by atoms with Crippen molar-refractivity contribution >= 4 is 34.6 Å². The van der Waals surface area contributed by atoms with E-state index in [0.29, 0.717) is 60.1 Å². The summed E-state index contributed by atoms with van der Waals surface area (Å²) in [6.45, 7) is 11.5. The first-order valence-electron chi connectivity index (χ1n) is 14.7. The first-order chi connectivity index (χ1) is 17.4. The molecule has 4 aliphatic rings. The molecule has 2 unspecified atom stereocenters. The Hall–Kier alpha value is -0.910. The largest absolute Gasteiger partial charge is 0.393 e. The number of nitrogens with one attached hydrogen (secondary N) is 1. The third-order valence-corrected chi connectivity index (χ3v) is 13.0. The molecule has 4 nitrogen and oxygen atoms in total. The van der Waals surface area contributed by atoms with Gasteiger partial charge in [-0.1, -0.05) is 46.2 Å². The lowest BCUT2D eigenvalue weighted by molar-refractivity contribution is -0.169. The summed E-state index contributed by atoms with van der Waals surface area (Å²) < 4.78 is 0.758. The number of hydrogen-bond acceptors (Lipinski definition) is 4. The Labute approximate surface area is 232 Å². The predicted octanol–water partition coefficient (Wildman–Crippen LogP) is 7.44. The molecule has 1 amide bonds. The van der Waals surface area contributed by atoms with Crippen molar-refractivity contribution < 1.29 is 14.7 Å². The Balaban J connectivity index is 1.28. The van der Waals surface area contributed by atoms with Gasteiger partial charge >= 0.3 is 0 Å². The van der Waals surface area contributed by atoms with Gasteiger partial charge in [-0.15, -0.1) is 11.3 Å². The monoisotopic (exact) mass is 547 g/mol. The topological polar surface area (TPSA) is 66.4 Å². The number of rotatable bonds is 6. The number of halogens is 1. The van der Waals surface area contributed by atoms with E-state index in [9.17, 15) is 14.7 Å². The van der Waals surface area contributed by atoms with Crippen LogP contribution in [0.2, 0.25) is 4.34 Å². The summed E-state index contributed by atoms with van der Waals surface area (Å²) in [5, 5.41) is 14.8. The Morgan fingerprint density at radius 1 is 1.14 bits per heavy atom. The summed E-state index contributed by atoms with van der Waals surface area (Å²) in [4.78, 5) is 26.6. The van der Waals surface area contributed by atoms with Gasteiger partial charge in [0.1, 0.15) is 5.78 Å². The first-order valence-corrected chi connectivity index (χ1v) is 15.9. The molecule has 0 radical (unpaired) electrons. The minimum Gasteiger partial charge on any atom is -0.393 e. The SMILES string of the molecule is CC(C)C(NC(=O)C[C@@H](C)C1CC[C@H]2[C@@H]3[C@@H](O)C[C@@H]4CC(=O)CC[C@]4(C)[C@H]3CC[C@]12C)c1ccc(Cl)s1. The molecule has 4 aliphatic carbocycles. The van der Waals surface area contributed by atoms with Crippen LogP contribution in [0.5, 0.6) is 0 Å². The van der Waals surface area contributed by atoms with Crippen LogP contribution in [0.4, 0.5) is 0 Å². The molecule has 1 heterocycles. The molecule has 206 valence electrons. The van der Waals surface area contributed by atoms with Crippen LogP contribution in [-0.4, -0.2) is 22.9 Å². The molecular formula is C31H46ClNO3S. The quantitative estimate of drug-likeness (QED) is 0.389. The van der Waals surface area contributed by atoms with E-state index in [1.165, 1.54) is 6.42 Å². The zero-order chi connectivity index (χ0) is 26.7. The summed E-state index contributed by atoms with van der Waals surface area (Å²) in [5.41, 5.74) is 0.369. The second-order valence-electron chi connectivity index (χ2n) is 13.9. The van der Waals surface area contributed by atoms with Gasteiger partial charge in [-0.2, -0.15) is 0 Å². The average molecular weight is 548 g/mol. The van der Waals surface area contributed by atoms with Gasteiger partial charge in [0.2, 0.25) is 5.91 Å². The number of thiophene rings is 1. The summed E-state index contributed by atoms with van der Waals surface area (Å²) in [7, 11) is 0. The van der Waals surface area contributed by atoms with Gasteiger partial charge in [-0.25, -0.2) is 0 Å². The zero-order valence-electron chi connectivity index (χ0n) is 23.3. The van der Waals surface area contributed by atoms with E-state index in [0.717, 1.165) is 47.7 Å². The van der Waals surface area contributed by atoms with Gasteiger partial charge in [0.15, 0.2) is 0 Å². The van der Waals surface area contributed by atoms with E-state index in [4.69, 9.17) is 11.6 Å². The van der Waals surface area contributed by atoms with E-state index >= 15 is 0 Å². The van der Waals surface area contributed by atoms with Crippen molar-refractivity contribution in [2.45, 2.75) is 105 Å². The molecule has 0 aromatic carbocycles. The fraction of sp³-hybridized carbons (Fsp3) is 0.806. The summed E-state index contributed by atoms with van der Waals surface area (Å²) in [6.07, 6.45) is 8.09. The van der Waals surface area contributed by atoms with Gasteiger partial charge in [0.25, 0.3) is 0 Å². The number of fused-ring (bicyclic) bond motifs is 5. The lowest BCUT2D eigenvalue weighted by Gasteiger charge is -2.61. The lowest BCUT2D eigenvalue weighted by atomic mass is 9.44.